The Morgan fingerprint density at radius 1 is 1.04 bits per heavy atom. The number of aliphatic hydroxyl groups is 1. The highest BCUT2D eigenvalue weighted by molar-refractivity contribution is 5.80. The van der Waals surface area contributed by atoms with Gasteiger partial charge in [0.1, 0.15) is 0 Å². The average molecular weight is 354 g/mol. The van der Waals surface area contributed by atoms with Crippen LogP contribution in [0.4, 0.5) is 0 Å². The van der Waals surface area contributed by atoms with E-state index in [4.69, 9.17) is 0 Å². The zero-order chi connectivity index (χ0) is 17.8. The van der Waals surface area contributed by atoms with Gasteiger partial charge in [0.15, 0.2) is 0 Å². The molecule has 0 bridgehead atoms. The van der Waals surface area contributed by atoms with E-state index in [1.165, 1.54) is 43.2 Å². The molecule has 0 aromatic heterocycles. The van der Waals surface area contributed by atoms with Crippen molar-refractivity contribution in [1.29, 1.82) is 0 Å². The number of carbonyl (C=O) groups is 1. The lowest BCUT2D eigenvalue weighted by Gasteiger charge is -2.40. The highest BCUT2D eigenvalue weighted by atomic mass is 16.3. The van der Waals surface area contributed by atoms with Crippen LogP contribution in [0.5, 0.6) is 0 Å². The SMILES string of the molecule is O=C1CC2(CCCCC2)CN1[C@@H]1c2ccccc2C2(CCNCC2)[C@H]1O. The third-order valence-corrected chi connectivity index (χ3v) is 7.78. The standard InChI is InChI=1S/C22H30N2O2/c25-18-14-21(8-4-1-5-9-21)15-24(18)19-16-6-2-3-7-17(16)22(20(19)26)10-12-23-13-11-22/h2-3,6-7,19-20,23,26H,1,4-5,8-15H2/t19-,20+/m1/s1. The molecule has 3 fully saturated rings. The van der Waals surface area contributed by atoms with E-state index in [1.54, 1.807) is 0 Å². The minimum Gasteiger partial charge on any atom is -0.390 e. The number of aliphatic hydroxyl groups excluding tert-OH is 1. The number of rotatable bonds is 1. The Balaban J connectivity index is 1.52. The first-order valence-corrected chi connectivity index (χ1v) is 10.4. The van der Waals surface area contributed by atoms with Crippen molar-refractivity contribution < 1.29 is 9.90 Å². The number of carbonyl (C=O) groups excluding carboxylic acids is 1. The molecule has 0 unspecified atom stereocenters. The van der Waals surface area contributed by atoms with Crippen molar-refractivity contribution in [3.63, 3.8) is 0 Å². The number of hydrogen-bond acceptors (Lipinski definition) is 3. The van der Waals surface area contributed by atoms with Gasteiger partial charge in [-0.1, -0.05) is 43.5 Å². The summed E-state index contributed by atoms with van der Waals surface area (Å²) < 4.78 is 0. The summed E-state index contributed by atoms with van der Waals surface area (Å²) in [6, 6.07) is 8.35. The lowest BCUT2D eigenvalue weighted by atomic mass is 9.72. The van der Waals surface area contributed by atoms with Gasteiger partial charge < -0.3 is 15.3 Å². The van der Waals surface area contributed by atoms with Crippen LogP contribution in [-0.2, 0) is 10.2 Å². The quantitative estimate of drug-likeness (QED) is 0.815. The molecule has 5 rings (SSSR count). The Hall–Kier alpha value is -1.39. The van der Waals surface area contributed by atoms with Crippen LogP contribution < -0.4 is 5.32 Å². The minimum atomic E-state index is -0.482. The predicted octanol–water partition coefficient (Wildman–Crippen LogP) is 2.91. The molecule has 1 aromatic rings. The largest absolute Gasteiger partial charge is 0.390 e. The van der Waals surface area contributed by atoms with Crippen LogP contribution in [0.1, 0.15) is 68.5 Å². The van der Waals surface area contributed by atoms with Crippen LogP contribution in [0.2, 0.25) is 0 Å². The van der Waals surface area contributed by atoms with Gasteiger partial charge in [-0.05, 0) is 55.3 Å². The van der Waals surface area contributed by atoms with E-state index in [1.807, 2.05) is 0 Å². The first-order valence-electron chi connectivity index (χ1n) is 10.4. The van der Waals surface area contributed by atoms with Crippen LogP contribution in [0.25, 0.3) is 0 Å². The topological polar surface area (TPSA) is 52.6 Å². The van der Waals surface area contributed by atoms with Gasteiger partial charge in [-0.3, -0.25) is 4.79 Å². The molecule has 0 radical (unpaired) electrons. The van der Waals surface area contributed by atoms with Crippen molar-refractivity contribution in [2.45, 2.75) is 68.9 Å². The van der Waals surface area contributed by atoms with Crippen molar-refractivity contribution in [2.75, 3.05) is 19.6 Å². The van der Waals surface area contributed by atoms with Gasteiger partial charge in [0.25, 0.3) is 0 Å². The Bertz CT molecular complexity index is 704. The lowest BCUT2D eigenvalue weighted by molar-refractivity contribution is -0.133. The normalized spacial score (nSPS) is 32.3. The molecule has 4 aliphatic rings. The summed E-state index contributed by atoms with van der Waals surface area (Å²) >= 11 is 0. The molecule has 2 N–H and O–H groups in total. The van der Waals surface area contributed by atoms with Gasteiger partial charge in [-0.2, -0.15) is 0 Å². The van der Waals surface area contributed by atoms with Crippen molar-refractivity contribution in [2.24, 2.45) is 5.41 Å². The highest BCUT2D eigenvalue weighted by Gasteiger charge is 2.56. The summed E-state index contributed by atoms with van der Waals surface area (Å²) in [6.07, 6.45) is 8.27. The van der Waals surface area contributed by atoms with Crippen LogP contribution in [-0.4, -0.2) is 41.7 Å². The second-order valence-corrected chi connectivity index (χ2v) is 9.14. The number of amides is 1. The molecule has 2 heterocycles. The molecule has 1 aromatic carbocycles. The summed E-state index contributed by atoms with van der Waals surface area (Å²) in [6.45, 7) is 2.72. The molecule has 26 heavy (non-hydrogen) atoms. The fraction of sp³-hybridized carbons (Fsp3) is 0.682. The summed E-state index contributed by atoms with van der Waals surface area (Å²) in [5, 5.41) is 15.0. The maximum absolute atomic E-state index is 13.1. The summed E-state index contributed by atoms with van der Waals surface area (Å²) in [5.41, 5.74) is 2.47. The monoisotopic (exact) mass is 354 g/mol. The number of piperidine rings is 1. The fourth-order valence-corrected chi connectivity index (χ4v) is 6.43. The molecule has 1 amide bonds. The highest BCUT2D eigenvalue weighted by Crippen LogP contribution is 2.55. The van der Waals surface area contributed by atoms with Gasteiger partial charge >= 0.3 is 0 Å². The zero-order valence-corrected chi connectivity index (χ0v) is 15.5. The van der Waals surface area contributed by atoms with E-state index >= 15 is 0 Å². The van der Waals surface area contributed by atoms with E-state index < -0.39 is 6.10 Å². The van der Waals surface area contributed by atoms with Crippen LogP contribution >= 0.6 is 0 Å². The van der Waals surface area contributed by atoms with Crippen molar-refractivity contribution >= 4 is 5.91 Å². The van der Waals surface area contributed by atoms with Gasteiger partial charge in [-0.15, -0.1) is 0 Å². The Kier molecular flexibility index (Phi) is 3.91. The number of likely N-dealkylation sites (tertiary alicyclic amines) is 1. The van der Waals surface area contributed by atoms with Gasteiger partial charge in [0.2, 0.25) is 5.91 Å². The molecule has 4 nitrogen and oxygen atoms in total. The molecule has 2 aliphatic heterocycles. The van der Waals surface area contributed by atoms with Crippen molar-refractivity contribution in [1.82, 2.24) is 10.2 Å². The van der Waals surface area contributed by atoms with E-state index in [-0.39, 0.29) is 22.8 Å². The molecule has 2 atom stereocenters. The maximum atomic E-state index is 13.1. The number of nitrogens with one attached hydrogen (secondary N) is 1. The van der Waals surface area contributed by atoms with Gasteiger partial charge in [-0.25, -0.2) is 0 Å². The minimum absolute atomic E-state index is 0.155. The summed E-state index contributed by atoms with van der Waals surface area (Å²) in [4.78, 5) is 15.1. The zero-order valence-electron chi connectivity index (χ0n) is 15.5. The average Bonchev–Trinajstić information content (AvgIpc) is 3.09. The Morgan fingerprint density at radius 3 is 2.54 bits per heavy atom. The smallest absolute Gasteiger partial charge is 0.223 e. The molecule has 2 aliphatic carbocycles. The number of fused-ring (bicyclic) bond motifs is 2. The molecule has 1 saturated carbocycles. The fourth-order valence-electron chi connectivity index (χ4n) is 6.43. The first-order chi connectivity index (χ1) is 12.7. The van der Waals surface area contributed by atoms with E-state index in [9.17, 15) is 9.90 Å². The molecular weight excluding hydrogens is 324 g/mol. The summed E-state index contributed by atoms with van der Waals surface area (Å²) in [5.74, 6) is 0.261. The molecule has 2 spiro atoms. The van der Waals surface area contributed by atoms with E-state index in [0.29, 0.717) is 6.42 Å². The van der Waals surface area contributed by atoms with Crippen LogP contribution in [0.3, 0.4) is 0 Å². The first kappa shape index (κ1) is 16.8. The van der Waals surface area contributed by atoms with E-state index in [2.05, 4.69) is 34.5 Å². The van der Waals surface area contributed by atoms with Crippen LogP contribution in [0, 0.1) is 5.41 Å². The van der Waals surface area contributed by atoms with Crippen molar-refractivity contribution in [3.8, 4) is 0 Å². The number of hydrogen-bond donors (Lipinski definition) is 2. The Labute approximate surface area is 156 Å². The van der Waals surface area contributed by atoms with E-state index in [0.717, 1.165) is 32.5 Å². The van der Waals surface area contributed by atoms with Crippen LogP contribution in [0.15, 0.2) is 24.3 Å². The predicted molar refractivity (Wildman–Crippen MR) is 101 cm³/mol. The summed E-state index contributed by atoms with van der Waals surface area (Å²) in [7, 11) is 0. The molecular formula is C22H30N2O2. The second-order valence-electron chi connectivity index (χ2n) is 9.14. The molecule has 4 heteroatoms. The Morgan fingerprint density at radius 2 is 1.77 bits per heavy atom. The number of nitrogens with zero attached hydrogens (tertiary/aromatic N) is 1. The van der Waals surface area contributed by atoms with Gasteiger partial charge in [0.05, 0.1) is 12.1 Å². The third kappa shape index (κ3) is 2.31. The molecule has 140 valence electrons. The second kappa shape index (κ2) is 6.07. The van der Waals surface area contributed by atoms with Crippen molar-refractivity contribution in [3.05, 3.63) is 35.4 Å². The maximum Gasteiger partial charge on any atom is 0.223 e. The lowest BCUT2D eigenvalue weighted by Crippen LogP contribution is -2.49. The van der Waals surface area contributed by atoms with Gasteiger partial charge in [0, 0.05) is 18.4 Å². The third-order valence-electron chi connectivity index (χ3n) is 7.78. The number of benzene rings is 1. The molecule has 2 saturated heterocycles.